The van der Waals surface area contributed by atoms with Crippen molar-refractivity contribution in [2.45, 2.75) is 26.3 Å². The summed E-state index contributed by atoms with van der Waals surface area (Å²) in [5, 5.41) is 0. The molecule has 2 N–H and O–H groups in total. The minimum atomic E-state index is -0.128. The number of hydrogen-bond donors (Lipinski definition) is 1. The van der Waals surface area contributed by atoms with Gasteiger partial charge in [0.25, 0.3) is 0 Å². The predicted molar refractivity (Wildman–Crippen MR) is 49.1 cm³/mol. The fourth-order valence-electron chi connectivity index (χ4n) is 1.50. The van der Waals surface area contributed by atoms with Crippen molar-refractivity contribution in [3.05, 3.63) is 0 Å². The minimum Gasteiger partial charge on any atom is -0.469 e. The van der Waals surface area contributed by atoms with Crippen molar-refractivity contribution < 1.29 is 9.53 Å². The van der Waals surface area contributed by atoms with E-state index in [1.54, 1.807) is 0 Å². The van der Waals surface area contributed by atoms with Gasteiger partial charge in [0.2, 0.25) is 0 Å². The first-order chi connectivity index (χ1) is 5.00. The normalized spacial score (nSPS) is 31.3. The molecule has 1 aliphatic rings. The lowest BCUT2D eigenvalue weighted by molar-refractivity contribution is -0.157. The quantitative estimate of drug-likeness (QED) is 0.631. The summed E-state index contributed by atoms with van der Waals surface area (Å²) in [5.41, 5.74) is 5.66. The zero-order valence-corrected chi connectivity index (χ0v) is 8.48. The molecular weight excluding hydrogens is 178 g/mol. The fourth-order valence-corrected chi connectivity index (χ4v) is 1.50. The average molecular weight is 194 g/mol. The van der Waals surface area contributed by atoms with Gasteiger partial charge < -0.3 is 10.5 Å². The van der Waals surface area contributed by atoms with E-state index in [2.05, 4.69) is 4.74 Å². The third kappa shape index (κ3) is 1.57. The van der Waals surface area contributed by atoms with E-state index in [0.717, 1.165) is 6.42 Å². The maximum atomic E-state index is 11.1. The summed E-state index contributed by atoms with van der Waals surface area (Å²) in [7, 11) is 1.42. The van der Waals surface area contributed by atoms with Crippen molar-refractivity contribution in [3.8, 4) is 0 Å². The largest absolute Gasteiger partial charge is 0.469 e. The summed E-state index contributed by atoms with van der Waals surface area (Å²) in [5.74, 6) is -0.126. The molecule has 0 heterocycles. The van der Waals surface area contributed by atoms with Gasteiger partial charge in [-0.2, -0.15) is 0 Å². The molecule has 0 radical (unpaired) electrons. The molecule has 1 fully saturated rings. The lowest BCUT2D eigenvalue weighted by Gasteiger charge is -2.48. The lowest BCUT2D eigenvalue weighted by atomic mass is 9.59. The Morgan fingerprint density at radius 2 is 2.08 bits per heavy atom. The van der Waals surface area contributed by atoms with Gasteiger partial charge in [0.1, 0.15) is 0 Å². The molecule has 0 amide bonds. The second kappa shape index (κ2) is 3.62. The van der Waals surface area contributed by atoms with Crippen LogP contribution in [0.15, 0.2) is 0 Å². The van der Waals surface area contributed by atoms with Crippen molar-refractivity contribution >= 4 is 18.4 Å². The SMILES string of the molecule is COC(=O)[C@H]1C[C@H](N)C1(C)C.Cl. The number of ether oxygens (including phenoxy) is 1. The standard InChI is InChI=1S/C8H15NO2.ClH/c1-8(2)5(4-6(8)9)7(10)11-3;/h5-6H,4,9H2,1-3H3;1H/t5-,6+;/m1./s1. The number of nitrogens with two attached hydrogens (primary N) is 1. The smallest absolute Gasteiger partial charge is 0.309 e. The molecule has 12 heavy (non-hydrogen) atoms. The molecule has 0 aliphatic heterocycles. The first kappa shape index (κ1) is 11.7. The molecule has 1 saturated carbocycles. The molecule has 4 heteroatoms. The van der Waals surface area contributed by atoms with E-state index in [4.69, 9.17) is 5.73 Å². The highest BCUT2D eigenvalue weighted by molar-refractivity contribution is 5.85. The maximum Gasteiger partial charge on any atom is 0.309 e. The Bertz CT molecular complexity index is 182. The summed E-state index contributed by atoms with van der Waals surface area (Å²) in [4.78, 5) is 11.1. The van der Waals surface area contributed by atoms with Gasteiger partial charge in [-0.25, -0.2) is 0 Å². The van der Waals surface area contributed by atoms with Crippen LogP contribution in [0.25, 0.3) is 0 Å². The molecule has 0 saturated heterocycles. The summed E-state index contributed by atoms with van der Waals surface area (Å²) in [6.07, 6.45) is 0.764. The molecule has 0 bridgehead atoms. The van der Waals surface area contributed by atoms with Crippen LogP contribution < -0.4 is 5.73 Å². The first-order valence-electron chi connectivity index (χ1n) is 3.83. The number of halogens is 1. The fraction of sp³-hybridized carbons (Fsp3) is 0.875. The van der Waals surface area contributed by atoms with Crippen molar-refractivity contribution in [2.24, 2.45) is 17.1 Å². The highest BCUT2D eigenvalue weighted by Crippen LogP contribution is 2.45. The van der Waals surface area contributed by atoms with Crippen LogP contribution >= 0.6 is 12.4 Å². The minimum absolute atomic E-state index is 0. The molecule has 0 aromatic rings. The topological polar surface area (TPSA) is 52.3 Å². The van der Waals surface area contributed by atoms with Gasteiger partial charge in [0.15, 0.2) is 0 Å². The van der Waals surface area contributed by atoms with Crippen LogP contribution in [0.5, 0.6) is 0 Å². The van der Waals surface area contributed by atoms with Gasteiger partial charge in [-0.1, -0.05) is 13.8 Å². The number of esters is 1. The van der Waals surface area contributed by atoms with Crippen LogP contribution in [0.1, 0.15) is 20.3 Å². The third-order valence-corrected chi connectivity index (χ3v) is 2.83. The number of methoxy groups -OCH3 is 1. The maximum absolute atomic E-state index is 11.1. The Morgan fingerprint density at radius 3 is 2.33 bits per heavy atom. The van der Waals surface area contributed by atoms with Crippen molar-refractivity contribution in [1.29, 1.82) is 0 Å². The first-order valence-corrected chi connectivity index (χ1v) is 3.83. The van der Waals surface area contributed by atoms with Crippen LogP contribution in [-0.2, 0) is 9.53 Å². The number of carbonyl (C=O) groups is 1. The van der Waals surface area contributed by atoms with Gasteiger partial charge in [-0.15, -0.1) is 12.4 Å². The van der Waals surface area contributed by atoms with Gasteiger partial charge in [-0.05, 0) is 11.8 Å². The number of rotatable bonds is 1. The van der Waals surface area contributed by atoms with Crippen molar-refractivity contribution in [1.82, 2.24) is 0 Å². The highest BCUT2D eigenvalue weighted by atomic mass is 35.5. The van der Waals surface area contributed by atoms with Crippen LogP contribution in [0.2, 0.25) is 0 Å². The zero-order valence-electron chi connectivity index (χ0n) is 7.66. The van der Waals surface area contributed by atoms with Crippen LogP contribution in [-0.4, -0.2) is 19.1 Å². The average Bonchev–Trinajstić information content (AvgIpc) is 1.98. The van der Waals surface area contributed by atoms with E-state index in [9.17, 15) is 4.79 Å². The van der Waals surface area contributed by atoms with E-state index < -0.39 is 0 Å². The van der Waals surface area contributed by atoms with Crippen molar-refractivity contribution in [3.63, 3.8) is 0 Å². The molecule has 3 nitrogen and oxygen atoms in total. The van der Waals surface area contributed by atoms with E-state index in [0.29, 0.717) is 0 Å². The van der Waals surface area contributed by atoms with E-state index in [-0.39, 0.29) is 35.8 Å². The van der Waals surface area contributed by atoms with Gasteiger partial charge in [-0.3, -0.25) is 4.79 Å². The van der Waals surface area contributed by atoms with E-state index in [1.807, 2.05) is 13.8 Å². The summed E-state index contributed by atoms with van der Waals surface area (Å²) in [6, 6.07) is 0.145. The van der Waals surface area contributed by atoms with E-state index >= 15 is 0 Å². The van der Waals surface area contributed by atoms with Gasteiger partial charge in [0, 0.05) is 6.04 Å². The van der Waals surface area contributed by atoms with Crippen LogP contribution in [0.3, 0.4) is 0 Å². The second-order valence-electron chi connectivity index (χ2n) is 3.74. The molecule has 0 aromatic heterocycles. The Morgan fingerprint density at radius 1 is 1.58 bits per heavy atom. The monoisotopic (exact) mass is 193 g/mol. The molecule has 1 rings (SSSR count). The number of hydrogen-bond acceptors (Lipinski definition) is 3. The molecule has 0 aromatic carbocycles. The number of carbonyl (C=O) groups excluding carboxylic acids is 1. The Kier molecular flexibility index (Phi) is 3.54. The predicted octanol–water partition coefficient (Wildman–Crippen LogP) is 0.955. The van der Waals surface area contributed by atoms with Crippen LogP contribution in [0, 0.1) is 11.3 Å². The van der Waals surface area contributed by atoms with Crippen molar-refractivity contribution in [2.75, 3.05) is 7.11 Å². The molecule has 0 spiro atoms. The second-order valence-corrected chi connectivity index (χ2v) is 3.74. The lowest BCUT2D eigenvalue weighted by Crippen LogP contribution is -2.57. The van der Waals surface area contributed by atoms with Gasteiger partial charge >= 0.3 is 5.97 Å². The molecule has 0 unspecified atom stereocenters. The van der Waals surface area contributed by atoms with E-state index in [1.165, 1.54) is 7.11 Å². The molecule has 72 valence electrons. The Balaban J connectivity index is 0.00000121. The molecule has 2 atom stereocenters. The van der Waals surface area contributed by atoms with Crippen LogP contribution in [0.4, 0.5) is 0 Å². The Labute approximate surface area is 79.1 Å². The molecular formula is C8H16ClNO2. The van der Waals surface area contributed by atoms with Gasteiger partial charge in [0.05, 0.1) is 13.0 Å². The zero-order chi connectivity index (χ0) is 8.65. The molecule has 1 aliphatic carbocycles. The summed E-state index contributed by atoms with van der Waals surface area (Å²) in [6.45, 7) is 4.01. The summed E-state index contributed by atoms with van der Waals surface area (Å²) < 4.78 is 4.64. The third-order valence-electron chi connectivity index (χ3n) is 2.83. The Hall–Kier alpha value is -0.280. The highest BCUT2D eigenvalue weighted by Gasteiger charge is 2.50. The summed E-state index contributed by atoms with van der Waals surface area (Å²) >= 11 is 0.